The molecule has 0 aliphatic rings. The fourth-order valence-electron chi connectivity index (χ4n) is 2.17. The van der Waals surface area contributed by atoms with Gasteiger partial charge in [0.2, 0.25) is 0 Å². The summed E-state index contributed by atoms with van der Waals surface area (Å²) in [5.74, 6) is 1.05. The Kier molecular flexibility index (Phi) is 5.22. The van der Waals surface area contributed by atoms with Gasteiger partial charge >= 0.3 is 0 Å². The summed E-state index contributed by atoms with van der Waals surface area (Å²) < 4.78 is 5.35. The van der Waals surface area contributed by atoms with E-state index in [9.17, 15) is 0 Å². The number of hydrogen-bond donors (Lipinski definition) is 1. The number of furan rings is 1. The van der Waals surface area contributed by atoms with E-state index >= 15 is 0 Å². The highest BCUT2D eigenvalue weighted by Crippen LogP contribution is 2.15. The van der Waals surface area contributed by atoms with Crippen LogP contribution < -0.4 is 5.32 Å². The summed E-state index contributed by atoms with van der Waals surface area (Å²) in [6.45, 7) is 8.90. The predicted octanol–water partition coefficient (Wildman–Crippen LogP) is 2.39. The highest BCUT2D eigenvalue weighted by Gasteiger charge is 2.19. The molecule has 1 unspecified atom stereocenters. The van der Waals surface area contributed by atoms with Crippen LogP contribution in [0, 0.1) is 5.41 Å². The van der Waals surface area contributed by atoms with E-state index in [2.05, 4.69) is 45.1 Å². The first-order valence-electron chi connectivity index (χ1n) is 6.29. The van der Waals surface area contributed by atoms with Gasteiger partial charge in [-0.15, -0.1) is 0 Å². The van der Waals surface area contributed by atoms with Gasteiger partial charge in [-0.05, 0) is 38.6 Å². The zero-order chi connectivity index (χ0) is 12.9. The van der Waals surface area contributed by atoms with E-state index in [0.717, 1.165) is 25.3 Å². The monoisotopic (exact) mass is 238 g/mol. The summed E-state index contributed by atoms with van der Waals surface area (Å²) in [6.07, 6.45) is 2.68. The normalized spacial score (nSPS) is 14.2. The summed E-state index contributed by atoms with van der Waals surface area (Å²) in [5, 5.41) is 3.58. The van der Waals surface area contributed by atoms with E-state index in [0.29, 0.717) is 11.5 Å². The largest absolute Gasteiger partial charge is 0.469 e. The fourth-order valence-corrected chi connectivity index (χ4v) is 2.17. The zero-order valence-electron chi connectivity index (χ0n) is 11.8. The van der Waals surface area contributed by atoms with Gasteiger partial charge in [0.25, 0.3) is 0 Å². The molecule has 98 valence electrons. The number of hydrogen-bond acceptors (Lipinski definition) is 3. The predicted molar refractivity (Wildman–Crippen MR) is 72.2 cm³/mol. The van der Waals surface area contributed by atoms with Gasteiger partial charge < -0.3 is 14.6 Å². The molecule has 0 amide bonds. The third-order valence-electron chi connectivity index (χ3n) is 2.76. The lowest BCUT2D eigenvalue weighted by molar-refractivity contribution is 0.225. The first-order valence-corrected chi connectivity index (χ1v) is 6.29. The Bertz CT molecular complexity index is 304. The molecule has 1 rings (SSSR count). The molecule has 0 spiro atoms. The van der Waals surface area contributed by atoms with Gasteiger partial charge in [-0.3, -0.25) is 0 Å². The summed E-state index contributed by atoms with van der Waals surface area (Å²) in [7, 11) is 4.24. The fraction of sp³-hybridized carbons (Fsp3) is 0.714. The molecule has 3 nitrogen and oxygen atoms in total. The maximum absolute atomic E-state index is 5.35. The van der Waals surface area contributed by atoms with Crippen molar-refractivity contribution < 1.29 is 4.42 Å². The van der Waals surface area contributed by atoms with Crippen molar-refractivity contribution in [2.24, 2.45) is 5.41 Å². The third-order valence-corrected chi connectivity index (χ3v) is 2.76. The molecule has 0 saturated heterocycles. The number of rotatable bonds is 7. The van der Waals surface area contributed by atoms with Crippen molar-refractivity contribution >= 4 is 0 Å². The van der Waals surface area contributed by atoms with Crippen molar-refractivity contribution in [3.63, 3.8) is 0 Å². The average Bonchev–Trinajstić information content (AvgIpc) is 2.65. The van der Waals surface area contributed by atoms with Gasteiger partial charge in [0, 0.05) is 25.6 Å². The van der Waals surface area contributed by atoms with Crippen LogP contribution in [0.15, 0.2) is 22.8 Å². The minimum absolute atomic E-state index is 0.293. The SMILES string of the molecule is CC(Cc1ccco1)NCC(C)(C)CN(C)C. The summed E-state index contributed by atoms with van der Waals surface area (Å²) in [6, 6.07) is 4.42. The molecule has 0 bridgehead atoms. The van der Waals surface area contributed by atoms with Crippen molar-refractivity contribution in [3.05, 3.63) is 24.2 Å². The zero-order valence-corrected chi connectivity index (χ0v) is 11.8. The minimum atomic E-state index is 0.293. The van der Waals surface area contributed by atoms with Gasteiger partial charge in [0.1, 0.15) is 5.76 Å². The standard InChI is InChI=1S/C14H26N2O/c1-12(9-13-7-6-8-17-13)15-10-14(2,3)11-16(4)5/h6-8,12,15H,9-11H2,1-5H3. The molecule has 1 aromatic heterocycles. The number of nitrogens with zero attached hydrogens (tertiary/aromatic N) is 1. The Balaban J connectivity index is 2.29. The van der Waals surface area contributed by atoms with Gasteiger partial charge in [0.05, 0.1) is 6.26 Å². The molecule has 1 atom stereocenters. The maximum atomic E-state index is 5.35. The Hall–Kier alpha value is -0.800. The molecule has 0 saturated carbocycles. The Morgan fingerprint density at radius 1 is 1.41 bits per heavy atom. The number of nitrogens with one attached hydrogen (secondary N) is 1. The summed E-state index contributed by atoms with van der Waals surface area (Å²) in [5.41, 5.74) is 0.293. The Morgan fingerprint density at radius 2 is 2.12 bits per heavy atom. The van der Waals surface area contributed by atoms with Gasteiger partial charge in [0.15, 0.2) is 0 Å². The second-order valence-electron chi connectivity index (χ2n) is 5.97. The van der Waals surface area contributed by atoms with E-state index in [1.165, 1.54) is 0 Å². The van der Waals surface area contributed by atoms with Crippen molar-refractivity contribution in [2.45, 2.75) is 33.2 Å². The van der Waals surface area contributed by atoms with Crippen LogP contribution >= 0.6 is 0 Å². The molecule has 0 fully saturated rings. The average molecular weight is 238 g/mol. The topological polar surface area (TPSA) is 28.4 Å². The molecular formula is C14H26N2O. The molecule has 0 aromatic carbocycles. The lowest BCUT2D eigenvalue weighted by Crippen LogP contribution is -2.41. The third kappa shape index (κ3) is 5.89. The van der Waals surface area contributed by atoms with Gasteiger partial charge in [-0.25, -0.2) is 0 Å². The smallest absolute Gasteiger partial charge is 0.105 e. The molecule has 0 aliphatic carbocycles. The van der Waals surface area contributed by atoms with E-state index in [1.807, 2.05) is 12.1 Å². The first kappa shape index (κ1) is 14.3. The Labute approximate surface area is 105 Å². The summed E-state index contributed by atoms with van der Waals surface area (Å²) >= 11 is 0. The molecule has 3 heteroatoms. The second-order valence-corrected chi connectivity index (χ2v) is 5.97. The maximum Gasteiger partial charge on any atom is 0.105 e. The minimum Gasteiger partial charge on any atom is -0.469 e. The Morgan fingerprint density at radius 3 is 2.65 bits per heavy atom. The molecule has 0 radical (unpaired) electrons. The second kappa shape index (κ2) is 6.22. The summed E-state index contributed by atoms with van der Waals surface area (Å²) in [4.78, 5) is 2.23. The highest BCUT2D eigenvalue weighted by atomic mass is 16.3. The van der Waals surface area contributed by atoms with Crippen molar-refractivity contribution in [3.8, 4) is 0 Å². The molecular weight excluding hydrogens is 212 g/mol. The van der Waals surface area contributed by atoms with Gasteiger partial charge in [-0.1, -0.05) is 13.8 Å². The van der Waals surface area contributed by atoms with E-state index in [1.54, 1.807) is 6.26 Å². The molecule has 1 aromatic rings. The van der Waals surface area contributed by atoms with E-state index in [-0.39, 0.29) is 0 Å². The molecule has 0 aliphatic heterocycles. The van der Waals surface area contributed by atoms with E-state index in [4.69, 9.17) is 4.42 Å². The van der Waals surface area contributed by atoms with Crippen LogP contribution in [0.4, 0.5) is 0 Å². The van der Waals surface area contributed by atoms with Crippen LogP contribution in [0.2, 0.25) is 0 Å². The van der Waals surface area contributed by atoms with Crippen molar-refractivity contribution in [2.75, 3.05) is 27.2 Å². The van der Waals surface area contributed by atoms with Crippen LogP contribution in [0.1, 0.15) is 26.5 Å². The van der Waals surface area contributed by atoms with Crippen LogP contribution in [-0.2, 0) is 6.42 Å². The lowest BCUT2D eigenvalue weighted by Gasteiger charge is -2.30. The molecule has 1 N–H and O–H groups in total. The molecule has 1 heterocycles. The van der Waals surface area contributed by atoms with E-state index < -0.39 is 0 Å². The highest BCUT2D eigenvalue weighted by molar-refractivity contribution is 5.00. The lowest BCUT2D eigenvalue weighted by atomic mass is 9.92. The van der Waals surface area contributed by atoms with Crippen LogP contribution in [0.25, 0.3) is 0 Å². The first-order chi connectivity index (χ1) is 7.89. The van der Waals surface area contributed by atoms with Gasteiger partial charge in [-0.2, -0.15) is 0 Å². The molecule has 17 heavy (non-hydrogen) atoms. The van der Waals surface area contributed by atoms with Crippen molar-refractivity contribution in [1.82, 2.24) is 10.2 Å². The quantitative estimate of drug-likeness (QED) is 0.790. The van der Waals surface area contributed by atoms with Crippen molar-refractivity contribution in [1.29, 1.82) is 0 Å². The van der Waals surface area contributed by atoms with Crippen LogP contribution in [0.5, 0.6) is 0 Å². The van der Waals surface area contributed by atoms with Crippen LogP contribution in [0.3, 0.4) is 0 Å². The van der Waals surface area contributed by atoms with Crippen LogP contribution in [-0.4, -0.2) is 38.1 Å².